The van der Waals surface area contributed by atoms with Crippen molar-refractivity contribution in [2.75, 3.05) is 24.3 Å². The molecule has 2 aromatic rings. The molecular formula is C15H18N4O. The zero-order chi connectivity index (χ0) is 14.4. The number of hydrogen-bond acceptors (Lipinski definition) is 5. The van der Waals surface area contributed by atoms with Crippen LogP contribution in [0.25, 0.3) is 0 Å². The standard InChI is InChI=1S/C15H18N4O/c1-4-7-16-14-9-15(18-10-17-14)19-12-8-11(2)5-6-13(12)20-3/h4-6,8-10H,1,7H2,2-3H3,(H2,16,17,18,19). The van der Waals surface area contributed by atoms with Gasteiger partial charge in [0.25, 0.3) is 0 Å². The van der Waals surface area contributed by atoms with Gasteiger partial charge in [0.2, 0.25) is 0 Å². The van der Waals surface area contributed by atoms with Crippen LogP contribution in [0.2, 0.25) is 0 Å². The van der Waals surface area contributed by atoms with Gasteiger partial charge in [-0.15, -0.1) is 6.58 Å². The van der Waals surface area contributed by atoms with Crippen LogP contribution in [0.4, 0.5) is 17.3 Å². The van der Waals surface area contributed by atoms with Gasteiger partial charge in [0.05, 0.1) is 12.8 Å². The Labute approximate surface area is 118 Å². The lowest BCUT2D eigenvalue weighted by Crippen LogP contribution is -2.03. The first-order chi connectivity index (χ1) is 9.72. The molecule has 1 aromatic heterocycles. The summed E-state index contributed by atoms with van der Waals surface area (Å²) in [6.45, 7) is 6.35. The minimum Gasteiger partial charge on any atom is -0.495 e. The van der Waals surface area contributed by atoms with Crippen LogP contribution in [0.5, 0.6) is 5.75 Å². The highest BCUT2D eigenvalue weighted by atomic mass is 16.5. The van der Waals surface area contributed by atoms with Crippen molar-refractivity contribution >= 4 is 17.3 Å². The lowest BCUT2D eigenvalue weighted by molar-refractivity contribution is 0.416. The fraction of sp³-hybridized carbons (Fsp3) is 0.200. The number of benzene rings is 1. The lowest BCUT2D eigenvalue weighted by Gasteiger charge is -2.12. The van der Waals surface area contributed by atoms with Crippen molar-refractivity contribution in [3.63, 3.8) is 0 Å². The molecule has 0 amide bonds. The van der Waals surface area contributed by atoms with Crippen LogP contribution < -0.4 is 15.4 Å². The summed E-state index contributed by atoms with van der Waals surface area (Å²) in [6, 6.07) is 7.78. The fourth-order valence-electron chi connectivity index (χ4n) is 1.76. The topological polar surface area (TPSA) is 59.1 Å². The molecular weight excluding hydrogens is 252 g/mol. The summed E-state index contributed by atoms with van der Waals surface area (Å²) < 4.78 is 5.33. The number of nitrogens with zero attached hydrogens (tertiary/aromatic N) is 2. The second-order valence-electron chi connectivity index (χ2n) is 4.29. The van der Waals surface area contributed by atoms with Crippen molar-refractivity contribution in [1.29, 1.82) is 0 Å². The van der Waals surface area contributed by atoms with Gasteiger partial charge in [-0.05, 0) is 24.6 Å². The van der Waals surface area contributed by atoms with E-state index in [-0.39, 0.29) is 0 Å². The fourth-order valence-corrected chi connectivity index (χ4v) is 1.76. The third kappa shape index (κ3) is 3.47. The first kappa shape index (κ1) is 13.9. The number of nitrogens with one attached hydrogen (secondary N) is 2. The Kier molecular flexibility index (Phi) is 4.55. The van der Waals surface area contributed by atoms with E-state index in [0.29, 0.717) is 12.4 Å². The van der Waals surface area contributed by atoms with Crippen LogP contribution in [0.1, 0.15) is 5.56 Å². The summed E-state index contributed by atoms with van der Waals surface area (Å²) in [5.41, 5.74) is 2.02. The van der Waals surface area contributed by atoms with E-state index in [2.05, 4.69) is 27.2 Å². The van der Waals surface area contributed by atoms with Crippen molar-refractivity contribution < 1.29 is 4.74 Å². The van der Waals surface area contributed by atoms with Crippen LogP contribution >= 0.6 is 0 Å². The van der Waals surface area contributed by atoms with Gasteiger partial charge in [-0.1, -0.05) is 12.1 Å². The third-order valence-corrected chi connectivity index (χ3v) is 2.71. The average molecular weight is 270 g/mol. The molecule has 0 fully saturated rings. The predicted octanol–water partition coefficient (Wildman–Crippen LogP) is 3.14. The van der Waals surface area contributed by atoms with Crippen LogP contribution in [0.3, 0.4) is 0 Å². The average Bonchev–Trinajstić information content (AvgIpc) is 2.46. The molecule has 1 aromatic carbocycles. The normalized spacial score (nSPS) is 9.90. The van der Waals surface area contributed by atoms with E-state index < -0.39 is 0 Å². The molecule has 0 aliphatic carbocycles. The number of aryl methyl sites for hydroxylation is 1. The molecule has 0 aliphatic rings. The van der Waals surface area contributed by atoms with Gasteiger partial charge >= 0.3 is 0 Å². The zero-order valence-corrected chi connectivity index (χ0v) is 11.7. The molecule has 0 bridgehead atoms. The van der Waals surface area contributed by atoms with Gasteiger partial charge in [-0.3, -0.25) is 0 Å². The van der Waals surface area contributed by atoms with Gasteiger partial charge in [0.1, 0.15) is 23.7 Å². The minimum atomic E-state index is 0.657. The van der Waals surface area contributed by atoms with Crippen molar-refractivity contribution in [3.8, 4) is 5.75 Å². The Balaban J connectivity index is 2.21. The lowest BCUT2D eigenvalue weighted by atomic mass is 10.2. The highest BCUT2D eigenvalue weighted by Gasteiger charge is 2.05. The maximum Gasteiger partial charge on any atom is 0.142 e. The van der Waals surface area contributed by atoms with Crippen LogP contribution in [0, 0.1) is 6.92 Å². The summed E-state index contributed by atoms with van der Waals surface area (Å²) >= 11 is 0. The second kappa shape index (κ2) is 6.56. The largest absolute Gasteiger partial charge is 0.495 e. The van der Waals surface area contributed by atoms with E-state index in [1.165, 1.54) is 6.33 Å². The Morgan fingerprint density at radius 1 is 1.25 bits per heavy atom. The monoisotopic (exact) mass is 270 g/mol. The molecule has 0 atom stereocenters. The van der Waals surface area contributed by atoms with E-state index in [1.54, 1.807) is 13.2 Å². The molecule has 2 N–H and O–H groups in total. The van der Waals surface area contributed by atoms with Gasteiger partial charge in [-0.2, -0.15) is 0 Å². The molecule has 5 heteroatoms. The van der Waals surface area contributed by atoms with E-state index in [1.807, 2.05) is 31.2 Å². The molecule has 0 radical (unpaired) electrons. The van der Waals surface area contributed by atoms with Crippen LogP contribution in [-0.4, -0.2) is 23.6 Å². The third-order valence-electron chi connectivity index (χ3n) is 2.71. The Morgan fingerprint density at radius 2 is 2.05 bits per heavy atom. The maximum absolute atomic E-state index is 5.33. The summed E-state index contributed by atoms with van der Waals surface area (Å²) in [7, 11) is 1.65. The molecule has 0 spiro atoms. The number of methoxy groups -OCH3 is 1. The molecule has 0 unspecified atom stereocenters. The molecule has 1 heterocycles. The molecule has 20 heavy (non-hydrogen) atoms. The molecule has 0 saturated heterocycles. The van der Waals surface area contributed by atoms with E-state index in [4.69, 9.17) is 4.74 Å². The maximum atomic E-state index is 5.33. The van der Waals surface area contributed by atoms with Crippen molar-refractivity contribution in [3.05, 3.63) is 48.8 Å². The van der Waals surface area contributed by atoms with Crippen molar-refractivity contribution in [2.24, 2.45) is 0 Å². The van der Waals surface area contributed by atoms with E-state index in [0.717, 1.165) is 22.8 Å². The summed E-state index contributed by atoms with van der Waals surface area (Å²) in [6.07, 6.45) is 3.29. The van der Waals surface area contributed by atoms with E-state index in [9.17, 15) is 0 Å². The Hall–Kier alpha value is -2.56. The number of rotatable bonds is 6. The van der Waals surface area contributed by atoms with Gasteiger partial charge < -0.3 is 15.4 Å². The molecule has 0 saturated carbocycles. The molecule has 104 valence electrons. The molecule has 5 nitrogen and oxygen atoms in total. The van der Waals surface area contributed by atoms with Crippen LogP contribution in [0.15, 0.2) is 43.2 Å². The summed E-state index contributed by atoms with van der Waals surface area (Å²) in [5.74, 6) is 2.22. The number of ether oxygens (including phenoxy) is 1. The first-order valence-corrected chi connectivity index (χ1v) is 6.31. The quantitative estimate of drug-likeness (QED) is 0.790. The van der Waals surface area contributed by atoms with Gasteiger partial charge in [0, 0.05) is 12.6 Å². The SMILES string of the molecule is C=CCNc1cc(Nc2cc(C)ccc2OC)ncn1. The predicted molar refractivity (Wildman–Crippen MR) is 81.7 cm³/mol. The highest BCUT2D eigenvalue weighted by molar-refractivity contribution is 5.66. The number of aromatic nitrogens is 2. The highest BCUT2D eigenvalue weighted by Crippen LogP contribution is 2.28. The van der Waals surface area contributed by atoms with Crippen molar-refractivity contribution in [1.82, 2.24) is 9.97 Å². The molecule has 0 aliphatic heterocycles. The van der Waals surface area contributed by atoms with Crippen LogP contribution in [-0.2, 0) is 0 Å². The first-order valence-electron chi connectivity index (χ1n) is 6.31. The van der Waals surface area contributed by atoms with Gasteiger partial charge in [-0.25, -0.2) is 9.97 Å². The van der Waals surface area contributed by atoms with Crippen molar-refractivity contribution in [2.45, 2.75) is 6.92 Å². The summed E-state index contributed by atoms with van der Waals surface area (Å²) in [4.78, 5) is 8.34. The zero-order valence-electron chi connectivity index (χ0n) is 11.7. The van der Waals surface area contributed by atoms with Gasteiger partial charge in [0.15, 0.2) is 0 Å². The Morgan fingerprint density at radius 3 is 2.80 bits per heavy atom. The summed E-state index contributed by atoms with van der Waals surface area (Å²) in [5, 5.41) is 6.36. The second-order valence-corrected chi connectivity index (χ2v) is 4.29. The minimum absolute atomic E-state index is 0.657. The smallest absolute Gasteiger partial charge is 0.142 e. The molecule has 2 rings (SSSR count). The van der Waals surface area contributed by atoms with E-state index >= 15 is 0 Å². The number of hydrogen-bond donors (Lipinski definition) is 2. The number of anilines is 3. The Bertz CT molecular complexity index is 598.